The zero-order valence-electron chi connectivity index (χ0n) is 14.8. The van der Waals surface area contributed by atoms with E-state index in [1.807, 2.05) is 12.1 Å². The van der Waals surface area contributed by atoms with Crippen LogP contribution in [0.3, 0.4) is 0 Å². The van der Waals surface area contributed by atoms with Crippen molar-refractivity contribution in [3.05, 3.63) is 65.2 Å². The molecule has 0 aliphatic rings. The largest absolute Gasteiger partial charge is 0.469 e. The Morgan fingerprint density at radius 2 is 1.41 bits per heavy atom. The van der Waals surface area contributed by atoms with Crippen molar-refractivity contribution in [1.82, 2.24) is 0 Å². The van der Waals surface area contributed by atoms with Crippen molar-refractivity contribution >= 4 is 17.6 Å². The molecule has 2 aromatic carbocycles. The van der Waals surface area contributed by atoms with Gasteiger partial charge in [0, 0.05) is 18.5 Å². The molecule has 0 heterocycles. The lowest BCUT2D eigenvalue weighted by atomic mass is 10.1. The molecule has 1 N–H and O–H groups in total. The molecule has 2 rings (SSSR count). The topological polar surface area (TPSA) is 55.4 Å². The van der Waals surface area contributed by atoms with Crippen LogP contribution in [0.1, 0.15) is 29.5 Å². The summed E-state index contributed by atoms with van der Waals surface area (Å²) in [6.45, 7) is 0. The van der Waals surface area contributed by atoms with Crippen molar-refractivity contribution < 1.29 is 27.5 Å². The molecule has 4 nitrogen and oxygen atoms in total. The molecular weight excluding hydrogens is 359 g/mol. The van der Waals surface area contributed by atoms with Crippen molar-refractivity contribution in [3.63, 3.8) is 0 Å². The average Bonchev–Trinajstić information content (AvgIpc) is 2.65. The van der Waals surface area contributed by atoms with Crippen LogP contribution in [0.25, 0.3) is 0 Å². The van der Waals surface area contributed by atoms with E-state index in [0.29, 0.717) is 24.1 Å². The van der Waals surface area contributed by atoms with Gasteiger partial charge in [-0.15, -0.1) is 0 Å². The Balaban J connectivity index is 1.80. The van der Waals surface area contributed by atoms with Crippen LogP contribution in [-0.4, -0.2) is 19.0 Å². The molecule has 0 saturated heterocycles. The maximum absolute atomic E-state index is 12.5. The Bertz CT molecular complexity index is 769. The third-order valence-electron chi connectivity index (χ3n) is 4.01. The molecular formula is C20H20F3NO3. The van der Waals surface area contributed by atoms with E-state index >= 15 is 0 Å². The maximum Gasteiger partial charge on any atom is 0.416 e. The number of anilines is 1. The van der Waals surface area contributed by atoms with E-state index in [1.54, 1.807) is 12.1 Å². The SMILES string of the molecule is COC(=O)CCc1ccc(NC(=O)CCc2ccc(C(F)(F)F)cc2)cc1. The molecule has 0 bridgehead atoms. The second kappa shape index (κ2) is 9.21. The monoisotopic (exact) mass is 379 g/mol. The van der Waals surface area contributed by atoms with Crippen molar-refractivity contribution in [1.29, 1.82) is 0 Å². The first-order chi connectivity index (χ1) is 12.8. The van der Waals surface area contributed by atoms with E-state index in [0.717, 1.165) is 17.7 Å². The number of alkyl halides is 3. The number of hydrogen-bond donors (Lipinski definition) is 1. The number of rotatable bonds is 7. The highest BCUT2D eigenvalue weighted by Gasteiger charge is 2.29. The van der Waals surface area contributed by atoms with E-state index in [4.69, 9.17) is 0 Å². The number of hydrogen-bond acceptors (Lipinski definition) is 3. The van der Waals surface area contributed by atoms with E-state index in [9.17, 15) is 22.8 Å². The van der Waals surface area contributed by atoms with Crippen molar-refractivity contribution in [3.8, 4) is 0 Å². The number of methoxy groups -OCH3 is 1. The fourth-order valence-electron chi connectivity index (χ4n) is 2.44. The van der Waals surface area contributed by atoms with Gasteiger partial charge in [-0.1, -0.05) is 24.3 Å². The van der Waals surface area contributed by atoms with Gasteiger partial charge < -0.3 is 10.1 Å². The van der Waals surface area contributed by atoms with Gasteiger partial charge in [0.1, 0.15) is 0 Å². The summed E-state index contributed by atoms with van der Waals surface area (Å²) in [6, 6.07) is 11.9. The van der Waals surface area contributed by atoms with Gasteiger partial charge in [0.2, 0.25) is 5.91 Å². The lowest BCUT2D eigenvalue weighted by Crippen LogP contribution is -2.12. The van der Waals surface area contributed by atoms with Crippen molar-refractivity contribution in [2.24, 2.45) is 0 Å². The molecule has 0 radical (unpaired) electrons. The third-order valence-corrected chi connectivity index (χ3v) is 4.01. The number of carbonyl (C=O) groups is 2. The number of nitrogens with one attached hydrogen (secondary N) is 1. The second-order valence-corrected chi connectivity index (χ2v) is 6.02. The highest BCUT2D eigenvalue weighted by atomic mass is 19.4. The van der Waals surface area contributed by atoms with Crippen LogP contribution < -0.4 is 5.32 Å². The molecule has 0 spiro atoms. The molecule has 0 saturated carbocycles. The molecule has 0 atom stereocenters. The number of halogens is 3. The molecule has 1 amide bonds. The van der Waals surface area contributed by atoms with E-state index < -0.39 is 11.7 Å². The van der Waals surface area contributed by atoms with Crippen LogP contribution in [0.5, 0.6) is 0 Å². The fourth-order valence-corrected chi connectivity index (χ4v) is 2.44. The molecule has 27 heavy (non-hydrogen) atoms. The zero-order valence-corrected chi connectivity index (χ0v) is 14.8. The Labute approximate surface area is 155 Å². The van der Waals surface area contributed by atoms with E-state index in [-0.39, 0.29) is 24.7 Å². The predicted octanol–water partition coefficient (Wildman–Crippen LogP) is 4.38. The third kappa shape index (κ3) is 6.77. The van der Waals surface area contributed by atoms with Crippen LogP contribution >= 0.6 is 0 Å². The van der Waals surface area contributed by atoms with Gasteiger partial charge in [-0.25, -0.2) is 0 Å². The van der Waals surface area contributed by atoms with E-state index in [1.165, 1.54) is 19.2 Å². The summed E-state index contributed by atoms with van der Waals surface area (Å²) in [4.78, 5) is 23.1. The lowest BCUT2D eigenvalue weighted by molar-refractivity contribution is -0.140. The van der Waals surface area contributed by atoms with Gasteiger partial charge in [-0.2, -0.15) is 13.2 Å². The number of carbonyl (C=O) groups excluding carboxylic acids is 2. The Hall–Kier alpha value is -2.83. The summed E-state index contributed by atoms with van der Waals surface area (Å²) < 4.78 is 42.2. The summed E-state index contributed by atoms with van der Waals surface area (Å²) in [5.41, 5.74) is 1.52. The summed E-state index contributed by atoms with van der Waals surface area (Å²) in [7, 11) is 1.34. The fraction of sp³-hybridized carbons (Fsp3) is 0.300. The van der Waals surface area contributed by atoms with Crippen molar-refractivity contribution in [2.45, 2.75) is 31.9 Å². The number of esters is 1. The van der Waals surface area contributed by atoms with Crippen LogP contribution in [0.4, 0.5) is 18.9 Å². The normalized spacial score (nSPS) is 11.1. The Kier molecular flexibility index (Phi) is 6.98. The highest BCUT2D eigenvalue weighted by molar-refractivity contribution is 5.90. The van der Waals surface area contributed by atoms with E-state index in [2.05, 4.69) is 10.1 Å². The quantitative estimate of drug-likeness (QED) is 0.727. The number of ether oxygens (including phenoxy) is 1. The molecule has 0 aromatic heterocycles. The summed E-state index contributed by atoms with van der Waals surface area (Å²) in [6.07, 6.45) is -3.01. The zero-order chi connectivity index (χ0) is 19.9. The van der Waals surface area contributed by atoms with Crippen molar-refractivity contribution in [2.75, 3.05) is 12.4 Å². The molecule has 0 aliphatic heterocycles. The van der Waals surface area contributed by atoms with Crippen LogP contribution in [0, 0.1) is 0 Å². The number of aryl methyl sites for hydroxylation is 2. The second-order valence-electron chi connectivity index (χ2n) is 6.02. The minimum atomic E-state index is -4.36. The molecule has 144 valence electrons. The van der Waals surface area contributed by atoms with Gasteiger partial charge >= 0.3 is 12.1 Å². The summed E-state index contributed by atoms with van der Waals surface area (Å²) in [5, 5.41) is 2.74. The first kappa shape index (κ1) is 20.5. The van der Waals surface area contributed by atoms with Gasteiger partial charge in [-0.3, -0.25) is 9.59 Å². The molecule has 0 unspecified atom stereocenters. The molecule has 0 fully saturated rings. The van der Waals surface area contributed by atoms with Crippen LogP contribution in [0.15, 0.2) is 48.5 Å². The smallest absolute Gasteiger partial charge is 0.416 e. The van der Waals surface area contributed by atoms with Gasteiger partial charge in [0.05, 0.1) is 12.7 Å². The first-order valence-electron chi connectivity index (χ1n) is 8.39. The summed E-state index contributed by atoms with van der Waals surface area (Å²) in [5.74, 6) is -0.507. The van der Waals surface area contributed by atoms with Gasteiger partial charge in [0.15, 0.2) is 0 Å². The first-order valence-corrected chi connectivity index (χ1v) is 8.39. The maximum atomic E-state index is 12.5. The van der Waals surface area contributed by atoms with Gasteiger partial charge in [-0.05, 0) is 48.2 Å². The molecule has 7 heteroatoms. The number of amides is 1. The average molecular weight is 379 g/mol. The standard InChI is InChI=1S/C20H20F3NO3/c1-27-19(26)13-7-15-4-10-17(11-5-15)24-18(25)12-6-14-2-8-16(9-3-14)20(21,22)23/h2-5,8-11H,6-7,12-13H2,1H3,(H,24,25). The van der Waals surface area contributed by atoms with Crippen LogP contribution in [-0.2, 0) is 33.3 Å². The lowest BCUT2D eigenvalue weighted by Gasteiger charge is -2.08. The molecule has 0 aliphatic carbocycles. The minimum Gasteiger partial charge on any atom is -0.469 e. The minimum absolute atomic E-state index is 0.162. The number of benzene rings is 2. The van der Waals surface area contributed by atoms with Crippen LogP contribution in [0.2, 0.25) is 0 Å². The summed E-state index contributed by atoms with van der Waals surface area (Å²) >= 11 is 0. The Morgan fingerprint density at radius 3 is 1.93 bits per heavy atom. The Morgan fingerprint density at radius 1 is 0.889 bits per heavy atom. The predicted molar refractivity (Wildman–Crippen MR) is 95.2 cm³/mol. The highest BCUT2D eigenvalue weighted by Crippen LogP contribution is 2.29. The van der Waals surface area contributed by atoms with Gasteiger partial charge in [0.25, 0.3) is 0 Å². The molecule has 2 aromatic rings.